The second kappa shape index (κ2) is 21.4. The van der Waals surface area contributed by atoms with Gasteiger partial charge in [0.15, 0.2) is 6.29 Å². The van der Waals surface area contributed by atoms with Gasteiger partial charge in [-0.2, -0.15) is 0 Å². The molecule has 1 unspecified atom stereocenters. The third-order valence-electron chi connectivity index (χ3n) is 11.4. The molecule has 11 rings (SSSR count). The van der Waals surface area contributed by atoms with Crippen molar-refractivity contribution in [1.29, 1.82) is 0 Å². The van der Waals surface area contributed by atoms with Crippen LogP contribution in [0.1, 0.15) is 83.8 Å². The van der Waals surface area contributed by atoms with Crippen LogP contribution in [0.15, 0.2) is 194 Å². The molecule has 3 nitrogen and oxygen atoms in total. The Morgan fingerprint density at radius 1 is 0.452 bits per heavy atom. The Kier molecular flexibility index (Phi) is 15.1. The normalized spacial score (nSPS) is 13.5. The summed E-state index contributed by atoms with van der Waals surface area (Å²) in [6.45, 7) is 13.6. The van der Waals surface area contributed by atoms with E-state index in [0.29, 0.717) is 11.8 Å². The molecular formula is C59H61NO2. The van der Waals surface area contributed by atoms with Gasteiger partial charge in [-0.3, -0.25) is 0 Å². The third kappa shape index (κ3) is 10.2. The van der Waals surface area contributed by atoms with Gasteiger partial charge in [0.1, 0.15) is 5.75 Å². The molecule has 0 bridgehead atoms. The molecule has 0 radical (unpaired) electrons. The van der Waals surface area contributed by atoms with Gasteiger partial charge in [-0.05, 0) is 93.7 Å². The van der Waals surface area contributed by atoms with Crippen molar-refractivity contribution in [3.05, 3.63) is 205 Å². The molecule has 1 aliphatic heterocycles. The Labute approximate surface area is 368 Å². The van der Waals surface area contributed by atoms with Crippen LogP contribution in [0.3, 0.4) is 0 Å². The van der Waals surface area contributed by atoms with Crippen LogP contribution in [0.4, 0.5) is 0 Å². The molecule has 314 valence electrons. The number of hydrogen-bond acceptors (Lipinski definition) is 2. The van der Waals surface area contributed by atoms with E-state index in [0.717, 1.165) is 25.2 Å². The van der Waals surface area contributed by atoms with E-state index in [1.807, 2.05) is 26.0 Å². The Balaban J connectivity index is 0.000000133. The smallest absolute Gasteiger partial charge is 0.199 e. The first kappa shape index (κ1) is 43.7. The number of para-hydroxylation sites is 3. The maximum absolute atomic E-state index is 6.19. The van der Waals surface area contributed by atoms with Crippen LogP contribution in [-0.4, -0.2) is 17.5 Å². The van der Waals surface area contributed by atoms with Crippen LogP contribution in [0.5, 0.6) is 5.75 Å². The van der Waals surface area contributed by atoms with E-state index in [2.05, 4.69) is 214 Å². The molecule has 1 aliphatic rings. The zero-order valence-electron chi connectivity index (χ0n) is 37.3. The van der Waals surface area contributed by atoms with E-state index in [-0.39, 0.29) is 6.29 Å². The average Bonchev–Trinajstić information content (AvgIpc) is 3.68. The van der Waals surface area contributed by atoms with Gasteiger partial charge < -0.3 is 14.0 Å². The van der Waals surface area contributed by atoms with E-state index < -0.39 is 0 Å². The van der Waals surface area contributed by atoms with Gasteiger partial charge in [-0.1, -0.05) is 199 Å². The largest absolute Gasteiger partial charge is 0.464 e. The molecule has 10 aromatic rings. The van der Waals surface area contributed by atoms with E-state index >= 15 is 0 Å². The molecule has 0 N–H and O–H groups in total. The fourth-order valence-electron chi connectivity index (χ4n) is 8.21. The standard InChI is InChI=1S/C21H18O2.C18H13N.2C9H12.C2H6/c1-2-13-22-19(6-1)23-18-12-10-16-8-7-14-4-3-5-15-9-11-17(18)21(16)20(14)15;1-2-8-14(9-3-1)19-17-12-6-4-10-15(17)16-11-5-7-13-18(16)19;2*1-8(2)9-6-4-3-5-7-9;1-2/h3-5,7-12,19H,1-2,6,13H2;1-13H;2*3-8H,1-2H3;1-2H3. The quantitative estimate of drug-likeness (QED) is 0.162. The molecular weight excluding hydrogens is 755 g/mol. The fraction of sp³-hybridized carbons (Fsp3) is 0.220. The molecule has 62 heavy (non-hydrogen) atoms. The minimum atomic E-state index is -0.109. The number of hydrogen-bond donors (Lipinski definition) is 0. The molecule has 0 amide bonds. The van der Waals surface area contributed by atoms with E-state index in [1.165, 1.54) is 77.4 Å². The van der Waals surface area contributed by atoms with Gasteiger partial charge in [0, 0.05) is 33.7 Å². The first-order valence-corrected chi connectivity index (χ1v) is 22.5. The Bertz CT molecular complexity index is 2760. The summed E-state index contributed by atoms with van der Waals surface area (Å²) in [5.74, 6) is 2.25. The minimum Gasteiger partial charge on any atom is -0.464 e. The summed E-state index contributed by atoms with van der Waals surface area (Å²) in [7, 11) is 0. The molecule has 0 saturated carbocycles. The molecule has 1 atom stereocenters. The Morgan fingerprint density at radius 3 is 1.42 bits per heavy atom. The number of aromatic nitrogens is 1. The minimum absolute atomic E-state index is 0.109. The molecule has 1 aromatic heterocycles. The molecule has 1 saturated heterocycles. The summed E-state index contributed by atoms with van der Waals surface area (Å²) in [4.78, 5) is 0. The molecule has 0 spiro atoms. The van der Waals surface area contributed by atoms with Gasteiger partial charge in [0.25, 0.3) is 0 Å². The van der Waals surface area contributed by atoms with Crippen LogP contribution in [0.25, 0.3) is 59.8 Å². The first-order chi connectivity index (χ1) is 30.5. The lowest BCUT2D eigenvalue weighted by Crippen LogP contribution is -2.25. The maximum Gasteiger partial charge on any atom is 0.199 e. The van der Waals surface area contributed by atoms with Crippen LogP contribution in [0.2, 0.25) is 0 Å². The predicted molar refractivity (Wildman–Crippen MR) is 268 cm³/mol. The molecule has 2 heterocycles. The fourth-order valence-corrected chi connectivity index (χ4v) is 8.21. The topological polar surface area (TPSA) is 23.4 Å². The summed E-state index contributed by atoms with van der Waals surface area (Å²) >= 11 is 0. The van der Waals surface area contributed by atoms with Crippen molar-refractivity contribution < 1.29 is 9.47 Å². The maximum atomic E-state index is 6.19. The van der Waals surface area contributed by atoms with Gasteiger partial charge in [-0.15, -0.1) is 0 Å². The summed E-state index contributed by atoms with van der Waals surface area (Å²) in [6, 6.07) is 68.2. The summed E-state index contributed by atoms with van der Waals surface area (Å²) in [5.41, 5.74) is 6.56. The van der Waals surface area contributed by atoms with Crippen molar-refractivity contribution in [2.75, 3.05) is 6.61 Å². The van der Waals surface area contributed by atoms with Crippen molar-refractivity contribution in [2.45, 2.75) is 78.9 Å². The van der Waals surface area contributed by atoms with Crippen molar-refractivity contribution in [2.24, 2.45) is 0 Å². The predicted octanol–water partition coefficient (Wildman–Crippen LogP) is 16.9. The van der Waals surface area contributed by atoms with Crippen LogP contribution in [-0.2, 0) is 4.74 Å². The van der Waals surface area contributed by atoms with Crippen molar-refractivity contribution >= 4 is 54.1 Å². The van der Waals surface area contributed by atoms with E-state index in [1.54, 1.807) is 0 Å². The van der Waals surface area contributed by atoms with Crippen molar-refractivity contribution in [1.82, 2.24) is 4.57 Å². The van der Waals surface area contributed by atoms with Gasteiger partial charge in [0.2, 0.25) is 0 Å². The SMILES string of the molecule is CC.CC(C)c1ccccc1.CC(C)c1ccccc1.c1cc2ccc3ccc(OC4CCCCO4)c4ccc(c1)c2c34.c1ccc(-n2c3ccccc3c3ccccc32)cc1. The summed E-state index contributed by atoms with van der Waals surface area (Å²) in [6.07, 6.45) is 3.18. The molecule has 9 aromatic carbocycles. The van der Waals surface area contributed by atoms with Gasteiger partial charge in [0.05, 0.1) is 17.6 Å². The molecule has 0 aliphatic carbocycles. The lowest BCUT2D eigenvalue weighted by molar-refractivity contribution is -0.105. The highest BCUT2D eigenvalue weighted by Crippen LogP contribution is 2.39. The first-order valence-electron chi connectivity index (χ1n) is 22.5. The van der Waals surface area contributed by atoms with Crippen LogP contribution < -0.4 is 4.74 Å². The Morgan fingerprint density at radius 2 is 0.919 bits per heavy atom. The van der Waals surface area contributed by atoms with Crippen LogP contribution >= 0.6 is 0 Å². The number of ether oxygens (including phenoxy) is 2. The highest BCUT2D eigenvalue weighted by atomic mass is 16.7. The lowest BCUT2D eigenvalue weighted by Gasteiger charge is -2.24. The van der Waals surface area contributed by atoms with Crippen molar-refractivity contribution in [3.8, 4) is 11.4 Å². The number of rotatable bonds is 5. The zero-order valence-corrected chi connectivity index (χ0v) is 37.3. The summed E-state index contributed by atoms with van der Waals surface area (Å²) < 4.78 is 14.3. The lowest BCUT2D eigenvalue weighted by atomic mass is 9.94. The zero-order chi connectivity index (χ0) is 43.3. The highest BCUT2D eigenvalue weighted by Gasteiger charge is 2.18. The Hall–Kier alpha value is -6.42. The number of nitrogens with zero attached hydrogens (tertiary/aromatic N) is 1. The average molecular weight is 816 g/mol. The van der Waals surface area contributed by atoms with E-state index in [4.69, 9.17) is 9.47 Å². The number of fused-ring (bicyclic) bond motifs is 3. The van der Waals surface area contributed by atoms with Gasteiger partial charge in [-0.25, -0.2) is 0 Å². The summed E-state index contributed by atoms with van der Waals surface area (Å²) in [5, 5.41) is 10.3. The van der Waals surface area contributed by atoms with Gasteiger partial charge >= 0.3 is 0 Å². The van der Waals surface area contributed by atoms with Crippen LogP contribution in [0, 0.1) is 0 Å². The molecule has 1 fully saturated rings. The molecule has 3 heteroatoms. The highest BCUT2D eigenvalue weighted by molar-refractivity contribution is 6.24. The second-order valence-electron chi connectivity index (χ2n) is 16.2. The number of benzene rings is 9. The second-order valence-corrected chi connectivity index (χ2v) is 16.2. The van der Waals surface area contributed by atoms with Crippen molar-refractivity contribution in [3.63, 3.8) is 0 Å². The third-order valence-corrected chi connectivity index (χ3v) is 11.4. The van der Waals surface area contributed by atoms with E-state index in [9.17, 15) is 0 Å². The monoisotopic (exact) mass is 815 g/mol.